The zero-order valence-corrected chi connectivity index (χ0v) is 12.1. The fraction of sp³-hybridized carbons (Fsp3) is 0.200. The van der Waals surface area contributed by atoms with E-state index < -0.39 is 0 Å². The molecule has 3 rings (SSSR count). The molecule has 0 aromatic heterocycles. The Balaban J connectivity index is 2.00. The molecule has 0 saturated carbocycles. The van der Waals surface area contributed by atoms with Crippen LogP contribution in [0.15, 0.2) is 42.5 Å². The van der Waals surface area contributed by atoms with Crippen molar-refractivity contribution >= 4 is 22.6 Å². The Hall–Kier alpha value is -1.07. The van der Waals surface area contributed by atoms with Gasteiger partial charge in [-0.2, -0.15) is 0 Å². The number of ether oxygens (including phenoxy) is 1. The number of rotatable bonds is 2. The van der Waals surface area contributed by atoms with Gasteiger partial charge in [-0.1, -0.05) is 30.3 Å². The Kier molecular flexibility index (Phi) is 3.26. The van der Waals surface area contributed by atoms with Crippen molar-refractivity contribution in [2.45, 2.75) is 12.5 Å². The molecule has 0 bridgehead atoms. The Labute approximate surface area is 120 Å². The van der Waals surface area contributed by atoms with Gasteiger partial charge in [-0.05, 0) is 45.9 Å². The summed E-state index contributed by atoms with van der Waals surface area (Å²) in [6.45, 7) is 0.770. The molecule has 3 heteroatoms. The maximum Gasteiger partial charge on any atom is 0.127 e. The maximum absolute atomic E-state index is 6.36. The molecular formula is C15H14INO. The molecule has 0 spiro atoms. The van der Waals surface area contributed by atoms with Crippen LogP contribution in [-0.2, 0) is 6.42 Å². The summed E-state index contributed by atoms with van der Waals surface area (Å²) >= 11 is 2.30. The van der Waals surface area contributed by atoms with Gasteiger partial charge in [-0.15, -0.1) is 0 Å². The molecule has 0 radical (unpaired) electrons. The molecule has 92 valence electrons. The van der Waals surface area contributed by atoms with E-state index in [2.05, 4.69) is 65.1 Å². The summed E-state index contributed by atoms with van der Waals surface area (Å²) in [6.07, 6.45) is 0.989. The van der Waals surface area contributed by atoms with Gasteiger partial charge in [0, 0.05) is 15.6 Å². The standard InChI is InChI=1S/C15H14INO/c16-12-6-4-10(5-7-12)14(17)13-3-1-2-11-8-9-18-15(11)13/h1-7,14H,8-9,17H2. The molecule has 1 unspecified atom stereocenters. The van der Waals surface area contributed by atoms with Crippen molar-refractivity contribution < 1.29 is 4.74 Å². The van der Waals surface area contributed by atoms with Crippen molar-refractivity contribution in [3.05, 3.63) is 62.7 Å². The summed E-state index contributed by atoms with van der Waals surface area (Å²) < 4.78 is 6.93. The molecule has 1 aliphatic heterocycles. The van der Waals surface area contributed by atoms with Crippen molar-refractivity contribution in [3.63, 3.8) is 0 Å². The highest BCUT2D eigenvalue weighted by Gasteiger charge is 2.20. The van der Waals surface area contributed by atoms with Gasteiger partial charge in [0.2, 0.25) is 0 Å². The summed E-state index contributed by atoms with van der Waals surface area (Å²) in [5, 5.41) is 0. The maximum atomic E-state index is 6.36. The SMILES string of the molecule is NC(c1ccc(I)cc1)c1cccc2c1OCC2. The first-order valence-electron chi connectivity index (χ1n) is 6.01. The highest BCUT2D eigenvalue weighted by molar-refractivity contribution is 14.1. The van der Waals surface area contributed by atoms with Crippen molar-refractivity contribution in [1.29, 1.82) is 0 Å². The fourth-order valence-electron chi connectivity index (χ4n) is 2.34. The van der Waals surface area contributed by atoms with Gasteiger partial charge in [0.15, 0.2) is 0 Å². The van der Waals surface area contributed by atoms with Gasteiger partial charge in [-0.3, -0.25) is 0 Å². The molecule has 2 nitrogen and oxygen atoms in total. The minimum Gasteiger partial charge on any atom is -0.493 e. The third-order valence-electron chi connectivity index (χ3n) is 3.31. The smallest absolute Gasteiger partial charge is 0.127 e. The third kappa shape index (κ3) is 2.12. The largest absolute Gasteiger partial charge is 0.493 e. The number of nitrogens with two attached hydrogens (primary N) is 1. The van der Waals surface area contributed by atoms with E-state index in [-0.39, 0.29) is 6.04 Å². The molecule has 18 heavy (non-hydrogen) atoms. The van der Waals surface area contributed by atoms with Crippen LogP contribution in [-0.4, -0.2) is 6.61 Å². The van der Waals surface area contributed by atoms with Gasteiger partial charge in [0.05, 0.1) is 12.6 Å². The zero-order chi connectivity index (χ0) is 12.5. The fourth-order valence-corrected chi connectivity index (χ4v) is 2.69. The third-order valence-corrected chi connectivity index (χ3v) is 4.03. The van der Waals surface area contributed by atoms with E-state index in [1.54, 1.807) is 0 Å². The lowest BCUT2D eigenvalue weighted by Gasteiger charge is -2.16. The second-order valence-electron chi connectivity index (χ2n) is 4.46. The number of para-hydroxylation sites is 1. The van der Waals surface area contributed by atoms with Crippen molar-refractivity contribution in [2.24, 2.45) is 5.73 Å². The summed E-state index contributed by atoms with van der Waals surface area (Å²) in [7, 11) is 0. The van der Waals surface area contributed by atoms with Gasteiger partial charge >= 0.3 is 0 Å². The van der Waals surface area contributed by atoms with Gasteiger partial charge < -0.3 is 10.5 Å². The van der Waals surface area contributed by atoms with E-state index in [0.717, 1.165) is 29.9 Å². The summed E-state index contributed by atoms with van der Waals surface area (Å²) in [6, 6.07) is 14.5. The lowest BCUT2D eigenvalue weighted by atomic mass is 9.97. The first-order chi connectivity index (χ1) is 8.75. The molecule has 0 fully saturated rings. The minimum absolute atomic E-state index is 0.116. The number of hydrogen-bond donors (Lipinski definition) is 1. The van der Waals surface area contributed by atoms with Crippen molar-refractivity contribution in [2.75, 3.05) is 6.61 Å². The lowest BCUT2D eigenvalue weighted by Crippen LogP contribution is -2.12. The monoisotopic (exact) mass is 351 g/mol. The second kappa shape index (κ2) is 4.90. The number of benzene rings is 2. The lowest BCUT2D eigenvalue weighted by molar-refractivity contribution is 0.352. The second-order valence-corrected chi connectivity index (χ2v) is 5.71. The van der Waals surface area contributed by atoms with Crippen LogP contribution < -0.4 is 10.5 Å². The zero-order valence-electron chi connectivity index (χ0n) is 9.90. The Morgan fingerprint density at radius 1 is 1.11 bits per heavy atom. The normalized spacial score (nSPS) is 15.0. The van der Waals surface area contributed by atoms with Crippen LogP contribution in [0.3, 0.4) is 0 Å². The first-order valence-corrected chi connectivity index (χ1v) is 7.09. The molecular weight excluding hydrogens is 337 g/mol. The molecule has 1 atom stereocenters. The Morgan fingerprint density at radius 3 is 2.67 bits per heavy atom. The molecule has 0 saturated heterocycles. The van der Waals surface area contributed by atoms with E-state index in [0.29, 0.717) is 0 Å². The highest BCUT2D eigenvalue weighted by atomic mass is 127. The molecule has 1 heterocycles. The van der Waals surface area contributed by atoms with Crippen LogP contribution in [0.1, 0.15) is 22.7 Å². The van der Waals surface area contributed by atoms with Crippen LogP contribution in [0.5, 0.6) is 5.75 Å². The quantitative estimate of drug-likeness (QED) is 0.843. The Morgan fingerprint density at radius 2 is 1.89 bits per heavy atom. The van der Waals surface area contributed by atoms with Crippen LogP contribution in [0.25, 0.3) is 0 Å². The van der Waals surface area contributed by atoms with E-state index in [4.69, 9.17) is 10.5 Å². The van der Waals surface area contributed by atoms with Crippen LogP contribution in [0.4, 0.5) is 0 Å². The van der Waals surface area contributed by atoms with Gasteiger partial charge in [-0.25, -0.2) is 0 Å². The van der Waals surface area contributed by atoms with E-state index >= 15 is 0 Å². The van der Waals surface area contributed by atoms with E-state index in [1.807, 2.05) is 0 Å². The first kappa shape index (κ1) is 12.0. The molecule has 0 aliphatic carbocycles. The van der Waals surface area contributed by atoms with Gasteiger partial charge in [0.1, 0.15) is 5.75 Å². The van der Waals surface area contributed by atoms with Crippen molar-refractivity contribution in [1.82, 2.24) is 0 Å². The molecule has 2 N–H and O–H groups in total. The van der Waals surface area contributed by atoms with Crippen molar-refractivity contribution in [3.8, 4) is 5.75 Å². The summed E-state index contributed by atoms with van der Waals surface area (Å²) in [5.74, 6) is 0.989. The topological polar surface area (TPSA) is 35.2 Å². The molecule has 2 aromatic rings. The summed E-state index contributed by atoms with van der Waals surface area (Å²) in [5.41, 5.74) is 9.84. The van der Waals surface area contributed by atoms with Crippen LogP contribution in [0.2, 0.25) is 0 Å². The minimum atomic E-state index is -0.116. The Bertz CT molecular complexity index is 565. The van der Waals surface area contributed by atoms with Crippen LogP contribution in [0, 0.1) is 3.57 Å². The average Bonchev–Trinajstić information content (AvgIpc) is 2.87. The van der Waals surface area contributed by atoms with E-state index in [1.165, 1.54) is 9.13 Å². The number of fused-ring (bicyclic) bond motifs is 1. The number of halogens is 1. The highest BCUT2D eigenvalue weighted by Crippen LogP contribution is 2.35. The molecule has 0 amide bonds. The van der Waals surface area contributed by atoms with Gasteiger partial charge in [0.25, 0.3) is 0 Å². The van der Waals surface area contributed by atoms with E-state index in [9.17, 15) is 0 Å². The van der Waals surface area contributed by atoms with Crippen LogP contribution >= 0.6 is 22.6 Å². The predicted molar refractivity (Wildman–Crippen MR) is 80.8 cm³/mol. The summed E-state index contributed by atoms with van der Waals surface area (Å²) in [4.78, 5) is 0. The molecule has 1 aliphatic rings. The molecule has 2 aromatic carbocycles. The number of hydrogen-bond acceptors (Lipinski definition) is 2. The average molecular weight is 351 g/mol. The predicted octanol–water partition coefficient (Wildman–Crippen LogP) is 3.27.